The van der Waals surface area contributed by atoms with Crippen LogP contribution in [0.25, 0.3) is 0 Å². The van der Waals surface area contributed by atoms with Gasteiger partial charge in [0.1, 0.15) is 6.23 Å². The normalized spacial score (nSPS) is 43.7. The highest BCUT2D eigenvalue weighted by atomic mass is 16.5. The quantitative estimate of drug-likeness (QED) is 0.478. The predicted molar refractivity (Wildman–Crippen MR) is 35.1 cm³/mol. The lowest BCUT2D eigenvalue weighted by Crippen LogP contribution is -2.56. The Labute approximate surface area is 55.8 Å². The number of fused-ring (bicyclic) bond motifs is 1. The van der Waals surface area contributed by atoms with E-state index < -0.39 is 0 Å². The Hall–Kier alpha value is -0.0800. The van der Waals surface area contributed by atoms with Crippen molar-refractivity contribution < 1.29 is 4.74 Å². The summed E-state index contributed by atoms with van der Waals surface area (Å²) in [7, 11) is 0. The van der Waals surface area contributed by atoms with E-state index in [1.165, 1.54) is 19.4 Å². The van der Waals surface area contributed by atoms with Crippen molar-refractivity contribution in [1.82, 2.24) is 4.90 Å². The average molecular weight is 127 g/mol. The lowest BCUT2D eigenvalue weighted by molar-refractivity contribution is -0.151. The van der Waals surface area contributed by atoms with Gasteiger partial charge in [0.05, 0.1) is 6.61 Å². The predicted octanol–water partition coefficient (Wildman–Crippen LogP) is 0.827. The molecule has 2 aliphatic heterocycles. The van der Waals surface area contributed by atoms with Crippen LogP contribution in [-0.2, 0) is 4.74 Å². The highest BCUT2D eigenvalue weighted by Crippen LogP contribution is 2.27. The monoisotopic (exact) mass is 127 g/mol. The van der Waals surface area contributed by atoms with Crippen LogP contribution in [-0.4, -0.2) is 30.3 Å². The minimum Gasteiger partial charge on any atom is -0.363 e. The summed E-state index contributed by atoms with van der Waals surface area (Å²) in [4.78, 5) is 2.43. The van der Waals surface area contributed by atoms with E-state index in [1.807, 2.05) is 0 Å². The second kappa shape index (κ2) is 1.96. The molecule has 0 saturated carbocycles. The lowest BCUT2D eigenvalue weighted by Gasteiger charge is -2.48. The molecule has 2 nitrogen and oxygen atoms in total. The fourth-order valence-corrected chi connectivity index (χ4v) is 1.72. The molecule has 2 atom stereocenters. The molecule has 0 radical (unpaired) electrons. The van der Waals surface area contributed by atoms with Crippen molar-refractivity contribution in [3.8, 4) is 0 Å². The molecule has 0 aromatic carbocycles. The molecular weight excluding hydrogens is 114 g/mol. The third-order valence-corrected chi connectivity index (χ3v) is 2.47. The zero-order valence-corrected chi connectivity index (χ0v) is 5.84. The molecule has 2 heterocycles. The topological polar surface area (TPSA) is 12.5 Å². The van der Waals surface area contributed by atoms with Gasteiger partial charge in [0, 0.05) is 12.6 Å². The third kappa shape index (κ3) is 0.775. The molecule has 9 heavy (non-hydrogen) atoms. The maximum Gasteiger partial charge on any atom is 0.107 e. The number of hydrogen-bond donors (Lipinski definition) is 0. The van der Waals surface area contributed by atoms with Crippen LogP contribution in [0, 0.1) is 0 Å². The van der Waals surface area contributed by atoms with Crippen molar-refractivity contribution in [2.75, 3.05) is 13.2 Å². The van der Waals surface area contributed by atoms with Crippen LogP contribution in [0.1, 0.15) is 19.8 Å². The smallest absolute Gasteiger partial charge is 0.107 e. The molecule has 0 aliphatic carbocycles. The molecule has 0 aromatic heterocycles. The van der Waals surface area contributed by atoms with Gasteiger partial charge >= 0.3 is 0 Å². The van der Waals surface area contributed by atoms with Crippen molar-refractivity contribution in [3.63, 3.8) is 0 Å². The molecule has 0 amide bonds. The maximum absolute atomic E-state index is 5.44. The summed E-state index contributed by atoms with van der Waals surface area (Å²) in [6.45, 7) is 4.37. The summed E-state index contributed by atoms with van der Waals surface area (Å²) in [6.07, 6.45) is 3.05. The molecule has 2 aliphatic rings. The van der Waals surface area contributed by atoms with E-state index in [9.17, 15) is 0 Å². The number of hydrogen-bond acceptors (Lipinski definition) is 2. The van der Waals surface area contributed by atoms with E-state index in [4.69, 9.17) is 4.74 Å². The van der Waals surface area contributed by atoms with Crippen molar-refractivity contribution in [2.24, 2.45) is 0 Å². The van der Waals surface area contributed by atoms with E-state index in [-0.39, 0.29) is 0 Å². The molecule has 2 unspecified atom stereocenters. The van der Waals surface area contributed by atoms with E-state index >= 15 is 0 Å². The first-order valence-corrected chi connectivity index (χ1v) is 3.75. The van der Waals surface area contributed by atoms with Gasteiger partial charge < -0.3 is 4.74 Å². The lowest BCUT2D eigenvalue weighted by atomic mass is 9.98. The molecule has 2 heteroatoms. The van der Waals surface area contributed by atoms with Gasteiger partial charge in [-0.05, 0) is 19.8 Å². The Bertz CT molecular complexity index is 109. The van der Waals surface area contributed by atoms with Crippen molar-refractivity contribution >= 4 is 0 Å². The largest absolute Gasteiger partial charge is 0.363 e. The number of rotatable bonds is 0. The van der Waals surface area contributed by atoms with Crippen LogP contribution in [0.5, 0.6) is 0 Å². The van der Waals surface area contributed by atoms with Gasteiger partial charge in [-0.25, -0.2) is 0 Å². The molecule has 0 aromatic rings. The molecule has 0 bridgehead atoms. The fourth-order valence-electron chi connectivity index (χ4n) is 1.72. The SMILES string of the molecule is CC1OCCC2CCN21. The van der Waals surface area contributed by atoms with E-state index in [0.29, 0.717) is 6.23 Å². The van der Waals surface area contributed by atoms with Crippen LogP contribution in [0.4, 0.5) is 0 Å². The maximum atomic E-state index is 5.44. The Morgan fingerprint density at radius 3 is 2.78 bits per heavy atom. The molecular formula is C7H13NO. The van der Waals surface area contributed by atoms with Gasteiger partial charge in [-0.2, -0.15) is 0 Å². The van der Waals surface area contributed by atoms with Gasteiger partial charge in [-0.1, -0.05) is 0 Å². The minimum atomic E-state index is 0.400. The van der Waals surface area contributed by atoms with Crippen LogP contribution < -0.4 is 0 Å². The summed E-state index contributed by atoms with van der Waals surface area (Å²) in [5, 5.41) is 0. The Kier molecular flexibility index (Phi) is 1.24. The molecule has 0 N–H and O–H groups in total. The zero-order valence-electron chi connectivity index (χ0n) is 5.84. The fraction of sp³-hybridized carbons (Fsp3) is 1.00. The van der Waals surface area contributed by atoms with Gasteiger partial charge in [0.15, 0.2) is 0 Å². The van der Waals surface area contributed by atoms with Gasteiger partial charge in [0.2, 0.25) is 0 Å². The highest BCUT2D eigenvalue weighted by molar-refractivity contribution is 4.85. The van der Waals surface area contributed by atoms with Crippen molar-refractivity contribution in [2.45, 2.75) is 32.0 Å². The minimum absolute atomic E-state index is 0.400. The molecule has 2 rings (SSSR count). The standard InChI is InChI=1S/C7H13NO/c1-6-8-4-2-7(8)3-5-9-6/h6-7H,2-5H2,1H3. The summed E-state index contributed by atoms with van der Waals surface area (Å²) < 4.78 is 5.44. The van der Waals surface area contributed by atoms with Crippen LogP contribution in [0.2, 0.25) is 0 Å². The van der Waals surface area contributed by atoms with Crippen LogP contribution in [0.3, 0.4) is 0 Å². The molecule has 0 spiro atoms. The first kappa shape index (κ1) is 5.69. The van der Waals surface area contributed by atoms with Gasteiger partial charge in [-0.3, -0.25) is 4.90 Å². The molecule has 2 fully saturated rings. The number of nitrogens with zero attached hydrogens (tertiary/aromatic N) is 1. The highest BCUT2D eigenvalue weighted by Gasteiger charge is 2.34. The van der Waals surface area contributed by atoms with E-state index in [0.717, 1.165) is 12.6 Å². The average Bonchev–Trinajstić information content (AvgIpc) is 1.74. The summed E-state index contributed by atoms with van der Waals surface area (Å²) in [5.41, 5.74) is 0. The third-order valence-electron chi connectivity index (χ3n) is 2.47. The molecule has 2 saturated heterocycles. The van der Waals surface area contributed by atoms with Crippen LogP contribution >= 0.6 is 0 Å². The van der Waals surface area contributed by atoms with E-state index in [1.54, 1.807) is 0 Å². The number of ether oxygens (including phenoxy) is 1. The summed E-state index contributed by atoms with van der Waals surface area (Å²) in [5.74, 6) is 0. The molecule has 52 valence electrons. The zero-order chi connectivity index (χ0) is 6.27. The van der Waals surface area contributed by atoms with Gasteiger partial charge in [-0.15, -0.1) is 0 Å². The summed E-state index contributed by atoms with van der Waals surface area (Å²) in [6, 6.07) is 0.869. The Balaban J connectivity index is 1.98. The van der Waals surface area contributed by atoms with Crippen LogP contribution in [0.15, 0.2) is 0 Å². The Morgan fingerprint density at radius 1 is 1.44 bits per heavy atom. The first-order chi connectivity index (χ1) is 4.38. The van der Waals surface area contributed by atoms with Crippen molar-refractivity contribution in [1.29, 1.82) is 0 Å². The Morgan fingerprint density at radius 2 is 2.33 bits per heavy atom. The summed E-state index contributed by atoms with van der Waals surface area (Å²) >= 11 is 0. The second-order valence-electron chi connectivity index (χ2n) is 2.94. The van der Waals surface area contributed by atoms with Gasteiger partial charge in [0.25, 0.3) is 0 Å². The van der Waals surface area contributed by atoms with E-state index in [2.05, 4.69) is 11.8 Å². The second-order valence-corrected chi connectivity index (χ2v) is 2.94. The first-order valence-electron chi connectivity index (χ1n) is 3.75. The van der Waals surface area contributed by atoms with Crippen molar-refractivity contribution in [3.05, 3.63) is 0 Å².